The Bertz CT molecular complexity index is 316. The molecule has 0 aromatic carbocycles. The smallest absolute Gasteiger partial charge is 0.143 e. The van der Waals surface area contributed by atoms with E-state index >= 15 is 0 Å². The van der Waals surface area contributed by atoms with E-state index < -0.39 is 5.67 Å². The van der Waals surface area contributed by atoms with Crippen LogP contribution < -0.4 is 4.90 Å². The lowest BCUT2D eigenvalue weighted by molar-refractivity contribution is 0.143. The van der Waals surface area contributed by atoms with Crippen molar-refractivity contribution in [2.24, 2.45) is 0 Å². The molecule has 1 aliphatic heterocycles. The molecule has 2 rings (SSSR count). The monoisotopic (exact) mass is 181 g/mol. The first kappa shape index (κ1) is 8.41. The molecule has 13 heavy (non-hydrogen) atoms. The van der Waals surface area contributed by atoms with E-state index in [1.54, 1.807) is 6.92 Å². The highest BCUT2D eigenvalue weighted by Crippen LogP contribution is 2.28. The number of hydrogen-bond donors (Lipinski definition) is 0. The third kappa shape index (κ3) is 1.61. The molecule has 0 aliphatic carbocycles. The third-order valence-corrected chi connectivity index (χ3v) is 2.15. The first-order valence-corrected chi connectivity index (χ1v) is 4.29. The minimum absolute atomic E-state index is 0.434. The molecular weight excluding hydrogens is 169 g/mol. The van der Waals surface area contributed by atoms with Crippen LogP contribution in [0.2, 0.25) is 0 Å². The van der Waals surface area contributed by atoms with Gasteiger partial charge in [-0.2, -0.15) is 0 Å². The summed E-state index contributed by atoms with van der Waals surface area (Å²) in [6, 6.07) is 1.87. The maximum Gasteiger partial charge on any atom is 0.143 e. The van der Waals surface area contributed by atoms with E-state index in [9.17, 15) is 4.39 Å². The molecule has 3 nitrogen and oxygen atoms in total. The lowest BCUT2D eigenvalue weighted by atomic mass is 9.99. The second kappa shape index (κ2) is 2.65. The number of anilines is 1. The highest BCUT2D eigenvalue weighted by Gasteiger charge is 2.39. The maximum absolute atomic E-state index is 13.2. The predicted molar refractivity (Wildman–Crippen MR) is 48.5 cm³/mol. The van der Waals surface area contributed by atoms with Crippen LogP contribution in [0, 0.1) is 6.92 Å². The summed E-state index contributed by atoms with van der Waals surface area (Å²) in [5.74, 6) is 0.822. The van der Waals surface area contributed by atoms with Crippen molar-refractivity contribution < 1.29 is 4.39 Å². The van der Waals surface area contributed by atoms with Gasteiger partial charge in [0.1, 0.15) is 17.8 Å². The zero-order chi connectivity index (χ0) is 9.47. The Kier molecular flexibility index (Phi) is 1.71. The quantitative estimate of drug-likeness (QED) is 0.654. The summed E-state index contributed by atoms with van der Waals surface area (Å²) >= 11 is 0. The van der Waals surface area contributed by atoms with Gasteiger partial charge in [-0.05, 0) is 13.8 Å². The summed E-state index contributed by atoms with van der Waals surface area (Å²) in [6.45, 7) is 4.38. The van der Waals surface area contributed by atoms with E-state index in [0.717, 1.165) is 11.5 Å². The van der Waals surface area contributed by atoms with Crippen LogP contribution in [0.15, 0.2) is 12.4 Å². The molecule has 0 saturated carbocycles. The first-order valence-electron chi connectivity index (χ1n) is 4.29. The van der Waals surface area contributed by atoms with Crippen LogP contribution in [0.25, 0.3) is 0 Å². The Morgan fingerprint density at radius 2 is 2.15 bits per heavy atom. The average molecular weight is 181 g/mol. The van der Waals surface area contributed by atoms with Crippen molar-refractivity contribution in [3.63, 3.8) is 0 Å². The highest BCUT2D eigenvalue weighted by molar-refractivity contribution is 5.43. The molecule has 4 heteroatoms. The van der Waals surface area contributed by atoms with Gasteiger partial charge in [-0.1, -0.05) is 0 Å². The van der Waals surface area contributed by atoms with Gasteiger partial charge in [0.15, 0.2) is 0 Å². The molecular formula is C9H12FN3. The molecule has 0 radical (unpaired) electrons. The van der Waals surface area contributed by atoms with E-state index in [4.69, 9.17) is 0 Å². The summed E-state index contributed by atoms with van der Waals surface area (Å²) in [4.78, 5) is 9.97. The Morgan fingerprint density at radius 1 is 1.46 bits per heavy atom. The second-order valence-corrected chi connectivity index (χ2v) is 3.79. The fourth-order valence-corrected chi connectivity index (χ4v) is 1.52. The lowest BCUT2D eigenvalue weighted by Crippen LogP contribution is -2.57. The summed E-state index contributed by atoms with van der Waals surface area (Å²) < 4.78 is 13.2. The standard InChI is InChI=1S/C9H12FN3/c1-7-3-8(12-6-11-7)13-4-9(2,10)5-13/h3,6H,4-5H2,1-2H3. The van der Waals surface area contributed by atoms with Gasteiger partial charge in [0, 0.05) is 11.8 Å². The van der Waals surface area contributed by atoms with Gasteiger partial charge in [0.2, 0.25) is 0 Å². The van der Waals surface area contributed by atoms with Gasteiger partial charge in [-0.25, -0.2) is 14.4 Å². The maximum atomic E-state index is 13.2. The Labute approximate surface area is 76.6 Å². The molecule has 1 aromatic rings. The highest BCUT2D eigenvalue weighted by atomic mass is 19.1. The van der Waals surface area contributed by atoms with Gasteiger partial charge >= 0.3 is 0 Å². The van der Waals surface area contributed by atoms with Crippen LogP contribution in [0.4, 0.5) is 10.2 Å². The molecule has 0 N–H and O–H groups in total. The van der Waals surface area contributed by atoms with Gasteiger partial charge in [-0.3, -0.25) is 0 Å². The number of aryl methyl sites for hydroxylation is 1. The molecule has 1 aromatic heterocycles. The zero-order valence-corrected chi connectivity index (χ0v) is 7.79. The molecule has 1 fully saturated rings. The molecule has 0 atom stereocenters. The van der Waals surface area contributed by atoms with Crippen LogP contribution in [0.1, 0.15) is 12.6 Å². The number of halogens is 1. The largest absolute Gasteiger partial charge is 0.350 e. The first-order chi connectivity index (χ1) is 6.07. The molecule has 0 amide bonds. The Hall–Kier alpha value is -1.19. The van der Waals surface area contributed by atoms with Crippen molar-refractivity contribution in [1.29, 1.82) is 0 Å². The van der Waals surface area contributed by atoms with E-state index in [1.165, 1.54) is 6.33 Å². The normalized spacial score (nSPS) is 19.8. The van der Waals surface area contributed by atoms with Crippen LogP contribution in [0.5, 0.6) is 0 Å². The molecule has 0 bridgehead atoms. The number of alkyl halides is 1. The van der Waals surface area contributed by atoms with Crippen molar-refractivity contribution >= 4 is 5.82 Å². The van der Waals surface area contributed by atoms with Gasteiger partial charge in [0.05, 0.1) is 13.1 Å². The second-order valence-electron chi connectivity index (χ2n) is 3.79. The molecule has 2 heterocycles. The molecule has 1 saturated heterocycles. The van der Waals surface area contributed by atoms with Crippen LogP contribution >= 0.6 is 0 Å². The SMILES string of the molecule is Cc1cc(N2CC(C)(F)C2)ncn1. The predicted octanol–water partition coefficient (Wildman–Crippen LogP) is 1.33. The fourth-order valence-electron chi connectivity index (χ4n) is 1.52. The van der Waals surface area contributed by atoms with E-state index in [1.807, 2.05) is 17.9 Å². The van der Waals surface area contributed by atoms with Crippen molar-refractivity contribution in [2.45, 2.75) is 19.5 Å². The van der Waals surface area contributed by atoms with E-state index in [-0.39, 0.29) is 0 Å². The minimum Gasteiger partial charge on any atom is -0.350 e. The molecule has 0 spiro atoms. The number of nitrogens with zero attached hydrogens (tertiary/aromatic N) is 3. The molecule has 0 unspecified atom stereocenters. The van der Waals surface area contributed by atoms with E-state index in [0.29, 0.717) is 13.1 Å². The fraction of sp³-hybridized carbons (Fsp3) is 0.556. The average Bonchev–Trinajstić information content (AvgIpc) is 2.00. The molecule has 70 valence electrons. The topological polar surface area (TPSA) is 29.0 Å². The summed E-state index contributed by atoms with van der Waals surface area (Å²) in [6.07, 6.45) is 1.51. The van der Waals surface area contributed by atoms with Gasteiger partial charge < -0.3 is 4.90 Å². The van der Waals surface area contributed by atoms with Crippen molar-refractivity contribution in [1.82, 2.24) is 9.97 Å². The number of hydrogen-bond acceptors (Lipinski definition) is 3. The summed E-state index contributed by atoms with van der Waals surface area (Å²) in [7, 11) is 0. The number of rotatable bonds is 1. The molecule has 1 aliphatic rings. The third-order valence-electron chi connectivity index (χ3n) is 2.15. The van der Waals surface area contributed by atoms with Crippen molar-refractivity contribution in [2.75, 3.05) is 18.0 Å². The Balaban J connectivity index is 2.11. The van der Waals surface area contributed by atoms with Crippen LogP contribution in [0.3, 0.4) is 0 Å². The van der Waals surface area contributed by atoms with E-state index in [2.05, 4.69) is 9.97 Å². The van der Waals surface area contributed by atoms with Crippen molar-refractivity contribution in [3.05, 3.63) is 18.1 Å². The van der Waals surface area contributed by atoms with Gasteiger partial charge in [0.25, 0.3) is 0 Å². The zero-order valence-electron chi connectivity index (χ0n) is 7.79. The van der Waals surface area contributed by atoms with Crippen LogP contribution in [-0.4, -0.2) is 28.7 Å². The van der Waals surface area contributed by atoms with Crippen LogP contribution in [-0.2, 0) is 0 Å². The lowest BCUT2D eigenvalue weighted by Gasteiger charge is -2.42. The van der Waals surface area contributed by atoms with Gasteiger partial charge in [-0.15, -0.1) is 0 Å². The summed E-state index contributed by atoms with van der Waals surface area (Å²) in [5, 5.41) is 0. The van der Waals surface area contributed by atoms with Crippen molar-refractivity contribution in [3.8, 4) is 0 Å². The minimum atomic E-state index is -1.04. The number of aromatic nitrogens is 2. The Morgan fingerprint density at radius 3 is 2.69 bits per heavy atom. The summed E-state index contributed by atoms with van der Waals surface area (Å²) in [5.41, 5.74) is -0.128.